The van der Waals surface area contributed by atoms with Crippen molar-refractivity contribution in [2.75, 3.05) is 0 Å². The highest BCUT2D eigenvalue weighted by molar-refractivity contribution is 6.73. The molecule has 1 heterocycles. The molecule has 1 aliphatic rings. The van der Waals surface area contributed by atoms with E-state index in [4.69, 9.17) is 4.43 Å². The van der Waals surface area contributed by atoms with Gasteiger partial charge < -0.3 is 4.43 Å². The monoisotopic (exact) mass is 381 g/mol. The van der Waals surface area contributed by atoms with Crippen LogP contribution in [0.2, 0.25) is 18.1 Å². The summed E-state index contributed by atoms with van der Waals surface area (Å²) in [6.45, 7) is 6.44. The average Bonchev–Trinajstić information content (AvgIpc) is 2.74. The molecular formula is C22H27NO3Si. The SMILES string of the molecule is CC[Si](CC)(CC)O[C@@H]1C(=O)N(C(=O)c2ccccc2)[C@H]1c1ccccc1. The Kier molecular flexibility index (Phi) is 5.92. The number of hydrogen-bond donors (Lipinski definition) is 0. The van der Waals surface area contributed by atoms with E-state index in [2.05, 4.69) is 20.8 Å². The van der Waals surface area contributed by atoms with Crippen molar-refractivity contribution in [2.24, 2.45) is 0 Å². The van der Waals surface area contributed by atoms with Gasteiger partial charge in [0, 0.05) is 5.56 Å². The predicted molar refractivity (Wildman–Crippen MR) is 109 cm³/mol. The topological polar surface area (TPSA) is 46.6 Å². The van der Waals surface area contributed by atoms with Crippen LogP contribution in [0.4, 0.5) is 0 Å². The van der Waals surface area contributed by atoms with E-state index in [0.717, 1.165) is 23.7 Å². The maximum absolute atomic E-state index is 13.0. The van der Waals surface area contributed by atoms with Gasteiger partial charge in [0.25, 0.3) is 11.8 Å². The molecule has 2 aromatic carbocycles. The van der Waals surface area contributed by atoms with E-state index in [1.54, 1.807) is 12.1 Å². The van der Waals surface area contributed by atoms with Gasteiger partial charge in [0.1, 0.15) is 0 Å². The number of carbonyl (C=O) groups excluding carboxylic acids is 2. The number of likely N-dealkylation sites (tertiary alicyclic amines) is 1. The van der Waals surface area contributed by atoms with Crippen LogP contribution in [-0.4, -0.2) is 31.1 Å². The molecule has 2 aromatic rings. The zero-order chi connectivity index (χ0) is 19.4. The molecule has 1 fully saturated rings. The van der Waals surface area contributed by atoms with Gasteiger partial charge in [-0.2, -0.15) is 0 Å². The highest BCUT2D eigenvalue weighted by atomic mass is 28.4. The number of imide groups is 1. The standard InChI is InChI=1S/C22H27NO3Si/c1-4-27(5-2,6-3)26-20-19(17-13-9-7-10-14-17)23(22(20)25)21(24)18-15-11-8-12-16-18/h7-16,19-20H,4-6H2,1-3H3/t19-,20-/m0/s1. The van der Waals surface area contributed by atoms with Crippen LogP contribution in [0.5, 0.6) is 0 Å². The largest absolute Gasteiger partial charge is 0.403 e. The molecule has 1 saturated heterocycles. The maximum atomic E-state index is 13.0. The fraction of sp³-hybridized carbons (Fsp3) is 0.364. The number of carbonyl (C=O) groups is 2. The Hall–Kier alpha value is -2.24. The molecule has 3 rings (SSSR count). The number of benzene rings is 2. The third-order valence-electron chi connectivity index (χ3n) is 5.74. The van der Waals surface area contributed by atoms with Crippen molar-refractivity contribution in [2.45, 2.75) is 51.0 Å². The summed E-state index contributed by atoms with van der Waals surface area (Å²) in [6, 6.07) is 21.3. The molecule has 0 aromatic heterocycles. The molecule has 0 bridgehead atoms. The fourth-order valence-corrected chi connectivity index (χ4v) is 6.54. The summed E-state index contributed by atoms with van der Waals surface area (Å²) in [5.41, 5.74) is 1.47. The molecule has 1 aliphatic heterocycles. The van der Waals surface area contributed by atoms with E-state index < -0.39 is 14.4 Å². The van der Waals surface area contributed by atoms with Gasteiger partial charge in [-0.25, -0.2) is 0 Å². The van der Waals surface area contributed by atoms with Crippen molar-refractivity contribution in [3.8, 4) is 0 Å². The van der Waals surface area contributed by atoms with Crippen LogP contribution >= 0.6 is 0 Å². The number of hydrogen-bond acceptors (Lipinski definition) is 3. The molecule has 0 N–H and O–H groups in total. The molecule has 0 radical (unpaired) electrons. The third-order valence-corrected chi connectivity index (χ3v) is 10.4. The zero-order valence-electron chi connectivity index (χ0n) is 16.2. The lowest BCUT2D eigenvalue weighted by molar-refractivity contribution is -0.158. The van der Waals surface area contributed by atoms with E-state index in [-0.39, 0.29) is 17.9 Å². The van der Waals surface area contributed by atoms with Gasteiger partial charge in [0.15, 0.2) is 14.4 Å². The van der Waals surface area contributed by atoms with Gasteiger partial charge in [0.2, 0.25) is 0 Å². The van der Waals surface area contributed by atoms with E-state index in [1.165, 1.54) is 4.90 Å². The Labute approximate surface area is 162 Å². The molecule has 2 atom stereocenters. The smallest absolute Gasteiger partial charge is 0.261 e. The van der Waals surface area contributed by atoms with Crippen molar-refractivity contribution in [3.63, 3.8) is 0 Å². The Bertz CT molecular complexity index is 781. The van der Waals surface area contributed by atoms with Gasteiger partial charge >= 0.3 is 0 Å². The van der Waals surface area contributed by atoms with Crippen LogP contribution in [0, 0.1) is 0 Å². The van der Waals surface area contributed by atoms with Crippen molar-refractivity contribution in [3.05, 3.63) is 71.8 Å². The lowest BCUT2D eigenvalue weighted by Crippen LogP contribution is -2.64. The van der Waals surface area contributed by atoms with Crippen LogP contribution < -0.4 is 0 Å². The molecule has 142 valence electrons. The van der Waals surface area contributed by atoms with Gasteiger partial charge in [-0.3, -0.25) is 14.5 Å². The van der Waals surface area contributed by atoms with E-state index in [9.17, 15) is 9.59 Å². The van der Waals surface area contributed by atoms with Crippen LogP contribution in [0.1, 0.15) is 42.7 Å². The number of nitrogens with zero attached hydrogens (tertiary/aromatic N) is 1. The molecule has 4 nitrogen and oxygen atoms in total. The van der Waals surface area contributed by atoms with Crippen LogP contribution in [0.15, 0.2) is 60.7 Å². The summed E-state index contributed by atoms with van der Waals surface area (Å²) in [4.78, 5) is 27.4. The summed E-state index contributed by atoms with van der Waals surface area (Å²) in [5.74, 6) is -0.476. The quantitative estimate of drug-likeness (QED) is 0.393. The molecule has 0 spiro atoms. The molecule has 5 heteroatoms. The van der Waals surface area contributed by atoms with E-state index in [1.807, 2.05) is 48.5 Å². The van der Waals surface area contributed by atoms with Crippen LogP contribution in [-0.2, 0) is 9.22 Å². The van der Waals surface area contributed by atoms with E-state index in [0.29, 0.717) is 5.56 Å². The Balaban J connectivity index is 1.94. The fourth-order valence-electron chi connectivity index (χ4n) is 3.77. The number of rotatable bonds is 7. The van der Waals surface area contributed by atoms with Gasteiger partial charge in [-0.15, -0.1) is 0 Å². The van der Waals surface area contributed by atoms with Crippen molar-refractivity contribution < 1.29 is 14.0 Å². The minimum Gasteiger partial charge on any atom is -0.403 e. The second-order valence-electron chi connectivity index (χ2n) is 7.02. The first-order valence-corrected chi connectivity index (χ1v) is 12.2. The molecule has 2 amide bonds. The zero-order valence-corrected chi connectivity index (χ0v) is 17.2. The first-order chi connectivity index (χ1) is 13.1. The summed E-state index contributed by atoms with van der Waals surface area (Å²) in [7, 11) is -1.97. The van der Waals surface area contributed by atoms with Gasteiger partial charge in [-0.05, 0) is 35.8 Å². The second-order valence-corrected chi connectivity index (χ2v) is 11.7. The van der Waals surface area contributed by atoms with Gasteiger partial charge in [-0.1, -0.05) is 69.3 Å². The summed E-state index contributed by atoms with van der Waals surface area (Å²) < 4.78 is 6.51. The number of amides is 2. The molecule has 0 saturated carbocycles. The Morgan fingerprint density at radius 2 is 1.44 bits per heavy atom. The third kappa shape index (κ3) is 3.62. The average molecular weight is 382 g/mol. The lowest BCUT2D eigenvalue weighted by atomic mass is 9.90. The second kappa shape index (κ2) is 8.19. The summed E-state index contributed by atoms with van der Waals surface area (Å²) >= 11 is 0. The first kappa shape index (κ1) is 19.5. The van der Waals surface area contributed by atoms with Crippen molar-refractivity contribution in [1.82, 2.24) is 4.90 Å². The normalized spacial score (nSPS) is 19.7. The lowest BCUT2D eigenvalue weighted by Gasteiger charge is -2.48. The van der Waals surface area contributed by atoms with Crippen molar-refractivity contribution in [1.29, 1.82) is 0 Å². The Morgan fingerprint density at radius 1 is 0.926 bits per heavy atom. The minimum atomic E-state index is -1.97. The number of β-lactam (4-membered cyclic amide) rings is 1. The van der Waals surface area contributed by atoms with E-state index >= 15 is 0 Å². The van der Waals surface area contributed by atoms with Gasteiger partial charge in [0.05, 0.1) is 6.04 Å². The summed E-state index contributed by atoms with van der Waals surface area (Å²) in [6.07, 6.45) is -0.563. The minimum absolute atomic E-state index is 0.218. The van der Waals surface area contributed by atoms with Crippen LogP contribution in [0.25, 0.3) is 0 Å². The molecule has 0 unspecified atom stereocenters. The first-order valence-electron chi connectivity index (χ1n) is 9.72. The maximum Gasteiger partial charge on any atom is 0.261 e. The molecule has 0 aliphatic carbocycles. The van der Waals surface area contributed by atoms with Crippen LogP contribution in [0.3, 0.4) is 0 Å². The van der Waals surface area contributed by atoms with Crippen molar-refractivity contribution >= 4 is 20.1 Å². The highest BCUT2D eigenvalue weighted by Crippen LogP contribution is 2.41. The molecular weight excluding hydrogens is 354 g/mol. The Morgan fingerprint density at radius 3 is 1.96 bits per heavy atom. The highest BCUT2D eigenvalue weighted by Gasteiger charge is 2.54. The predicted octanol–water partition coefficient (Wildman–Crippen LogP) is 4.80. The molecule has 27 heavy (non-hydrogen) atoms. The summed E-state index contributed by atoms with van der Waals surface area (Å²) in [5, 5.41) is 0.